The third-order valence-corrected chi connectivity index (χ3v) is 7.15. The van der Waals surface area contributed by atoms with Crippen molar-refractivity contribution in [1.29, 1.82) is 0 Å². The zero-order chi connectivity index (χ0) is 21.9. The van der Waals surface area contributed by atoms with Gasteiger partial charge in [0.1, 0.15) is 5.75 Å². The zero-order valence-electron chi connectivity index (χ0n) is 17.6. The summed E-state index contributed by atoms with van der Waals surface area (Å²) < 4.78 is 6.82. The second-order valence-corrected chi connectivity index (χ2v) is 9.07. The summed E-state index contributed by atoms with van der Waals surface area (Å²) in [7, 11) is 0. The lowest BCUT2D eigenvalue weighted by Gasteiger charge is -2.25. The van der Waals surface area contributed by atoms with Gasteiger partial charge in [-0.3, -0.25) is 9.69 Å². The summed E-state index contributed by atoms with van der Waals surface area (Å²) in [4.78, 5) is 23.5. The molecule has 0 saturated carbocycles. The molecule has 1 saturated heterocycles. The van der Waals surface area contributed by atoms with Gasteiger partial charge in [-0.25, -0.2) is 9.97 Å². The zero-order valence-corrected chi connectivity index (χ0v) is 18.4. The minimum Gasteiger partial charge on any atom is -0.424 e. The van der Waals surface area contributed by atoms with E-state index >= 15 is 0 Å². The van der Waals surface area contributed by atoms with Crippen LogP contribution in [0.15, 0.2) is 67.0 Å². The molecule has 1 fully saturated rings. The van der Waals surface area contributed by atoms with Crippen LogP contribution in [0.25, 0.3) is 10.1 Å². The maximum Gasteiger partial charge on any atom is 0.321 e. The van der Waals surface area contributed by atoms with Gasteiger partial charge in [0, 0.05) is 29.7 Å². The Labute approximate surface area is 190 Å². The Morgan fingerprint density at radius 3 is 2.66 bits per heavy atom. The number of nitrogens with zero attached hydrogens (tertiary/aromatic N) is 3. The number of benzene rings is 2. The van der Waals surface area contributed by atoms with Gasteiger partial charge >= 0.3 is 6.01 Å². The first-order chi connectivity index (χ1) is 15.7. The number of hydrogen-bond acceptors (Lipinski definition) is 6. The van der Waals surface area contributed by atoms with Gasteiger partial charge in [0.2, 0.25) is 0 Å². The van der Waals surface area contributed by atoms with E-state index in [0.717, 1.165) is 48.0 Å². The number of carbonyl (C=O) groups is 1. The number of carbonyl (C=O) groups excluding carboxylic acids is 1. The maximum absolute atomic E-state index is 12.1. The molecule has 0 unspecified atom stereocenters. The van der Waals surface area contributed by atoms with Crippen molar-refractivity contribution in [3.63, 3.8) is 0 Å². The van der Waals surface area contributed by atoms with Crippen LogP contribution in [0.2, 0.25) is 0 Å². The molecular weight excluding hydrogens is 420 g/mol. The van der Waals surface area contributed by atoms with Crippen molar-refractivity contribution in [1.82, 2.24) is 14.9 Å². The molecular formula is C25H24N4O2S. The third kappa shape index (κ3) is 4.35. The molecule has 2 aromatic carbocycles. The van der Waals surface area contributed by atoms with Crippen LogP contribution in [0.5, 0.6) is 11.8 Å². The Bertz CT molecular complexity index is 1220. The molecule has 0 bridgehead atoms. The predicted octanol–water partition coefficient (Wildman–Crippen LogP) is 4.79. The van der Waals surface area contributed by atoms with Crippen LogP contribution in [-0.4, -0.2) is 33.4 Å². The van der Waals surface area contributed by atoms with E-state index in [2.05, 4.69) is 39.1 Å². The fourth-order valence-electron chi connectivity index (χ4n) is 4.41. The number of nitrogens with two attached hydrogens (primary N) is 1. The highest BCUT2D eigenvalue weighted by Gasteiger charge is 2.28. The van der Waals surface area contributed by atoms with Gasteiger partial charge < -0.3 is 10.5 Å². The van der Waals surface area contributed by atoms with Crippen molar-refractivity contribution >= 4 is 27.3 Å². The van der Waals surface area contributed by atoms with E-state index in [-0.39, 0.29) is 5.91 Å². The highest BCUT2D eigenvalue weighted by Crippen LogP contribution is 2.34. The second kappa shape index (κ2) is 9.06. The van der Waals surface area contributed by atoms with Crippen molar-refractivity contribution < 1.29 is 9.53 Å². The van der Waals surface area contributed by atoms with Crippen LogP contribution in [0.1, 0.15) is 33.6 Å². The van der Waals surface area contributed by atoms with E-state index in [4.69, 9.17) is 10.5 Å². The second-order valence-electron chi connectivity index (χ2n) is 8.02. The SMILES string of the molecule is NC(=O)c1sc2ccccc2c1C[C@@H]1CCCN1Cc1ccc(Oc2ncccn2)cc1. The van der Waals surface area contributed by atoms with Crippen molar-refractivity contribution in [3.05, 3.63) is 83.0 Å². The summed E-state index contributed by atoms with van der Waals surface area (Å²) in [6.07, 6.45) is 6.43. The molecule has 0 aliphatic carbocycles. The molecule has 7 heteroatoms. The average molecular weight is 445 g/mol. The van der Waals surface area contributed by atoms with Crippen molar-refractivity contribution in [2.45, 2.75) is 31.8 Å². The molecule has 1 amide bonds. The number of hydrogen-bond donors (Lipinski definition) is 1. The minimum absolute atomic E-state index is 0.330. The van der Waals surface area contributed by atoms with Gasteiger partial charge in [-0.05, 0) is 66.6 Å². The van der Waals surface area contributed by atoms with Crippen LogP contribution in [0.4, 0.5) is 0 Å². The lowest BCUT2D eigenvalue weighted by Crippen LogP contribution is -2.31. The monoisotopic (exact) mass is 444 g/mol. The molecule has 162 valence electrons. The number of likely N-dealkylation sites (tertiary alicyclic amines) is 1. The van der Waals surface area contributed by atoms with Crippen molar-refractivity contribution in [3.8, 4) is 11.8 Å². The topological polar surface area (TPSA) is 81.3 Å². The lowest BCUT2D eigenvalue weighted by molar-refractivity contribution is 0.100. The van der Waals surface area contributed by atoms with Crippen LogP contribution in [-0.2, 0) is 13.0 Å². The number of amides is 1. The van der Waals surface area contributed by atoms with Crippen LogP contribution in [0, 0.1) is 0 Å². The number of rotatable bonds is 7. The molecule has 2 aromatic heterocycles. The van der Waals surface area contributed by atoms with Crippen molar-refractivity contribution in [2.24, 2.45) is 5.73 Å². The molecule has 3 heterocycles. The molecule has 0 spiro atoms. The normalized spacial score (nSPS) is 16.4. The van der Waals surface area contributed by atoms with Gasteiger partial charge in [0.15, 0.2) is 0 Å². The summed E-state index contributed by atoms with van der Waals surface area (Å²) >= 11 is 1.51. The highest BCUT2D eigenvalue weighted by atomic mass is 32.1. The van der Waals surface area contributed by atoms with Gasteiger partial charge in [-0.1, -0.05) is 30.3 Å². The Hall–Kier alpha value is -3.29. The molecule has 6 nitrogen and oxygen atoms in total. The molecule has 4 aromatic rings. The number of fused-ring (bicyclic) bond motifs is 1. The van der Waals surface area contributed by atoms with E-state index in [1.807, 2.05) is 24.3 Å². The van der Waals surface area contributed by atoms with E-state index in [0.29, 0.717) is 22.7 Å². The maximum atomic E-state index is 12.1. The first-order valence-corrected chi connectivity index (χ1v) is 11.6. The largest absolute Gasteiger partial charge is 0.424 e. The lowest BCUT2D eigenvalue weighted by atomic mass is 10.00. The van der Waals surface area contributed by atoms with E-state index in [9.17, 15) is 4.79 Å². The van der Waals surface area contributed by atoms with Crippen molar-refractivity contribution in [2.75, 3.05) is 6.54 Å². The quantitative estimate of drug-likeness (QED) is 0.443. The minimum atomic E-state index is -0.330. The Morgan fingerprint density at radius 2 is 1.88 bits per heavy atom. The van der Waals surface area contributed by atoms with Gasteiger partial charge in [0.05, 0.1) is 4.88 Å². The van der Waals surface area contributed by atoms with E-state index in [1.165, 1.54) is 16.9 Å². The number of aromatic nitrogens is 2. The summed E-state index contributed by atoms with van der Waals surface area (Å²) in [6.45, 7) is 1.91. The first-order valence-electron chi connectivity index (χ1n) is 10.8. The average Bonchev–Trinajstić information content (AvgIpc) is 3.41. The Kier molecular flexibility index (Phi) is 5.83. The molecule has 5 rings (SSSR count). The van der Waals surface area contributed by atoms with Gasteiger partial charge in [0.25, 0.3) is 5.91 Å². The number of primary amides is 1. The molecule has 32 heavy (non-hydrogen) atoms. The first kappa shape index (κ1) is 20.6. The van der Waals surface area contributed by atoms with Crippen LogP contribution < -0.4 is 10.5 Å². The van der Waals surface area contributed by atoms with E-state index < -0.39 is 0 Å². The molecule has 1 atom stereocenters. The summed E-state index contributed by atoms with van der Waals surface area (Å²) in [5.74, 6) is 0.387. The smallest absolute Gasteiger partial charge is 0.321 e. The van der Waals surface area contributed by atoms with Gasteiger partial charge in [-0.15, -0.1) is 11.3 Å². The summed E-state index contributed by atoms with van der Waals surface area (Å²) in [6, 6.07) is 18.8. The molecule has 0 radical (unpaired) electrons. The Morgan fingerprint density at radius 1 is 1.09 bits per heavy atom. The molecule has 1 aliphatic rings. The fraction of sp³-hybridized carbons (Fsp3) is 0.240. The van der Waals surface area contributed by atoms with Gasteiger partial charge in [-0.2, -0.15) is 0 Å². The predicted molar refractivity (Wildman–Crippen MR) is 126 cm³/mol. The summed E-state index contributed by atoms with van der Waals surface area (Å²) in [5.41, 5.74) is 8.04. The van der Waals surface area contributed by atoms with Crippen LogP contribution in [0.3, 0.4) is 0 Å². The number of thiophene rings is 1. The fourth-order valence-corrected chi connectivity index (χ4v) is 5.50. The summed E-state index contributed by atoms with van der Waals surface area (Å²) in [5, 5.41) is 1.16. The highest BCUT2D eigenvalue weighted by molar-refractivity contribution is 7.21. The standard InChI is InChI=1S/C25H24N4O2S/c26-24(30)23-21(20-6-1-2-7-22(20)32-23)15-18-5-3-14-29(18)16-17-8-10-19(11-9-17)31-25-27-12-4-13-28-25/h1-2,4,6-13,18H,3,5,14-16H2,(H2,26,30)/t18-/m0/s1. The van der Waals surface area contributed by atoms with Crippen LogP contribution >= 0.6 is 11.3 Å². The van der Waals surface area contributed by atoms with E-state index in [1.54, 1.807) is 18.5 Å². The molecule has 1 aliphatic heterocycles. The number of ether oxygens (including phenoxy) is 1. The Balaban J connectivity index is 1.30. The third-order valence-electron chi connectivity index (χ3n) is 5.92. The molecule has 2 N–H and O–H groups in total.